The fourth-order valence-corrected chi connectivity index (χ4v) is 2.88. The molecule has 0 spiro atoms. The summed E-state index contributed by atoms with van der Waals surface area (Å²) >= 11 is 0. The number of anilines is 1. The van der Waals surface area contributed by atoms with Gasteiger partial charge in [-0.3, -0.25) is 0 Å². The molecule has 126 valence electrons. The van der Waals surface area contributed by atoms with E-state index < -0.39 is 0 Å². The molecule has 25 heavy (non-hydrogen) atoms. The highest BCUT2D eigenvalue weighted by Gasteiger charge is 2.06. The van der Waals surface area contributed by atoms with Crippen LogP contribution >= 0.6 is 0 Å². The van der Waals surface area contributed by atoms with Crippen molar-refractivity contribution in [2.45, 2.75) is 25.7 Å². The van der Waals surface area contributed by atoms with Crippen LogP contribution in [0.1, 0.15) is 30.4 Å². The van der Waals surface area contributed by atoms with Crippen molar-refractivity contribution in [3.8, 4) is 6.07 Å². The van der Waals surface area contributed by atoms with Crippen LogP contribution in [-0.4, -0.2) is 22.2 Å². The molecule has 1 aromatic carbocycles. The van der Waals surface area contributed by atoms with Crippen LogP contribution in [0.2, 0.25) is 0 Å². The first kappa shape index (κ1) is 16.7. The van der Waals surface area contributed by atoms with E-state index in [9.17, 15) is 0 Å². The van der Waals surface area contributed by atoms with Crippen molar-refractivity contribution >= 4 is 22.4 Å². The van der Waals surface area contributed by atoms with Crippen LogP contribution < -0.4 is 5.32 Å². The monoisotopic (exact) mass is 331 g/mol. The molecule has 0 aliphatic heterocycles. The number of aromatic amines is 1. The van der Waals surface area contributed by atoms with Crippen LogP contribution in [0.3, 0.4) is 0 Å². The highest BCUT2D eigenvalue weighted by atomic mass is 15.0. The van der Waals surface area contributed by atoms with Gasteiger partial charge in [0.1, 0.15) is 5.82 Å². The van der Waals surface area contributed by atoms with Crippen LogP contribution in [-0.2, 0) is 6.42 Å². The second kappa shape index (κ2) is 8.11. The number of nitrogens with zero attached hydrogens (tertiary/aromatic N) is 2. The molecule has 3 N–H and O–H groups in total. The Labute approximate surface area is 147 Å². The Morgan fingerprint density at radius 3 is 2.96 bits per heavy atom. The maximum absolute atomic E-state index is 9.04. The van der Waals surface area contributed by atoms with E-state index in [1.54, 1.807) is 6.20 Å². The molecule has 0 aliphatic rings. The van der Waals surface area contributed by atoms with Crippen LogP contribution in [0, 0.1) is 16.7 Å². The maximum atomic E-state index is 9.04. The summed E-state index contributed by atoms with van der Waals surface area (Å²) in [7, 11) is 0. The number of rotatable bonds is 8. The highest BCUT2D eigenvalue weighted by molar-refractivity contribution is 5.85. The van der Waals surface area contributed by atoms with Crippen molar-refractivity contribution in [1.29, 1.82) is 10.7 Å². The molecular weight excluding hydrogens is 310 g/mol. The minimum Gasteiger partial charge on any atom is -0.370 e. The third-order valence-electron chi connectivity index (χ3n) is 4.22. The summed E-state index contributed by atoms with van der Waals surface area (Å²) in [5.41, 5.74) is 3.71. The summed E-state index contributed by atoms with van der Waals surface area (Å²) in [5.74, 6) is 0.849. The van der Waals surface area contributed by atoms with E-state index in [4.69, 9.17) is 10.7 Å². The molecule has 3 rings (SSSR count). The second-order valence-electron chi connectivity index (χ2n) is 6.03. The highest BCUT2D eigenvalue weighted by Crippen LogP contribution is 2.21. The number of nitriles is 1. The largest absolute Gasteiger partial charge is 0.370 e. The number of fused-ring (bicyclic) bond motifs is 1. The quantitative estimate of drug-likeness (QED) is 0.538. The minimum absolute atomic E-state index is 0.682. The zero-order valence-corrected chi connectivity index (χ0v) is 14.0. The van der Waals surface area contributed by atoms with Gasteiger partial charge < -0.3 is 15.7 Å². The van der Waals surface area contributed by atoms with Crippen molar-refractivity contribution in [3.05, 3.63) is 59.9 Å². The second-order valence-corrected chi connectivity index (χ2v) is 6.03. The molecule has 0 radical (unpaired) electrons. The van der Waals surface area contributed by atoms with Gasteiger partial charge in [0.15, 0.2) is 0 Å². The molecule has 5 nitrogen and oxygen atoms in total. The molecular formula is C20H21N5. The number of H-pyrrole nitrogens is 1. The lowest BCUT2D eigenvalue weighted by atomic mass is 10.0. The third kappa shape index (κ3) is 4.45. The van der Waals surface area contributed by atoms with Gasteiger partial charge in [0, 0.05) is 42.0 Å². The van der Waals surface area contributed by atoms with Gasteiger partial charge in [0.05, 0.1) is 11.6 Å². The molecule has 0 amide bonds. The van der Waals surface area contributed by atoms with E-state index in [2.05, 4.69) is 21.4 Å². The average Bonchev–Trinajstić information content (AvgIpc) is 3.05. The first-order chi connectivity index (χ1) is 12.3. The molecule has 5 heteroatoms. The predicted octanol–water partition coefficient (Wildman–Crippen LogP) is 4.28. The van der Waals surface area contributed by atoms with Crippen molar-refractivity contribution in [3.63, 3.8) is 0 Å². The smallest absolute Gasteiger partial charge is 0.125 e. The van der Waals surface area contributed by atoms with Crippen LogP contribution in [0.4, 0.5) is 5.82 Å². The fourth-order valence-electron chi connectivity index (χ4n) is 2.88. The standard InChI is InChI=1S/C20H21N5/c21-13-15-7-8-19-18(12-15)16(14-25-19)4-3-5-17(22)9-11-24-20-6-1-2-10-23-20/h1-2,6-8,10,12,14,22,25H,3-5,9,11H2,(H,23,24). The topological polar surface area (TPSA) is 88.3 Å². The Kier molecular flexibility index (Phi) is 5.43. The predicted molar refractivity (Wildman–Crippen MR) is 101 cm³/mol. The van der Waals surface area contributed by atoms with Gasteiger partial charge >= 0.3 is 0 Å². The summed E-state index contributed by atoms with van der Waals surface area (Å²) in [6, 6.07) is 13.7. The normalized spacial score (nSPS) is 10.5. The Balaban J connectivity index is 1.45. The van der Waals surface area contributed by atoms with Gasteiger partial charge in [0.2, 0.25) is 0 Å². The molecule has 0 saturated heterocycles. The number of aromatic nitrogens is 2. The lowest BCUT2D eigenvalue weighted by Crippen LogP contribution is -2.08. The molecule has 2 aromatic heterocycles. The van der Waals surface area contributed by atoms with E-state index in [1.807, 2.05) is 42.6 Å². The number of aryl methyl sites for hydroxylation is 1. The van der Waals surface area contributed by atoms with Crippen molar-refractivity contribution in [2.24, 2.45) is 0 Å². The Morgan fingerprint density at radius 2 is 2.16 bits per heavy atom. The summed E-state index contributed by atoms with van der Waals surface area (Å²) in [6.45, 7) is 0.731. The molecule has 2 heterocycles. The molecule has 0 fully saturated rings. The molecule has 0 aliphatic carbocycles. The Morgan fingerprint density at radius 1 is 1.24 bits per heavy atom. The number of benzene rings is 1. The molecule has 0 atom stereocenters. The average molecular weight is 331 g/mol. The summed E-state index contributed by atoms with van der Waals surface area (Å²) in [4.78, 5) is 7.46. The Bertz CT molecular complexity index is 889. The van der Waals surface area contributed by atoms with Gasteiger partial charge in [-0.15, -0.1) is 0 Å². The zero-order chi connectivity index (χ0) is 17.5. The lowest BCUT2D eigenvalue weighted by molar-refractivity contribution is 0.850. The van der Waals surface area contributed by atoms with Gasteiger partial charge in [-0.05, 0) is 55.2 Å². The first-order valence-corrected chi connectivity index (χ1v) is 8.47. The van der Waals surface area contributed by atoms with Crippen molar-refractivity contribution in [2.75, 3.05) is 11.9 Å². The van der Waals surface area contributed by atoms with Crippen molar-refractivity contribution < 1.29 is 0 Å². The Hall–Kier alpha value is -3.13. The summed E-state index contributed by atoms with van der Waals surface area (Å²) in [6.07, 6.45) is 7.12. The molecule has 0 bridgehead atoms. The number of hydrogen-bond acceptors (Lipinski definition) is 4. The van der Waals surface area contributed by atoms with E-state index in [0.29, 0.717) is 5.56 Å². The van der Waals surface area contributed by atoms with Crippen LogP contribution in [0.25, 0.3) is 10.9 Å². The van der Waals surface area contributed by atoms with Gasteiger partial charge in [-0.25, -0.2) is 4.98 Å². The summed E-state index contributed by atoms with van der Waals surface area (Å²) in [5, 5.41) is 21.5. The van der Waals surface area contributed by atoms with Crippen LogP contribution in [0.5, 0.6) is 0 Å². The molecule has 3 aromatic rings. The van der Waals surface area contributed by atoms with Gasteiger partial charge in [-0.2, -0.15) is 5.26 Å². The van der Waals surface area contributed by atoms with E-state index in [1.165, 1.54) is 5.56 Å². The number of hydrogen-bond donors (Lipinski definition) is 3. The number of nitrogens with one attached hydrogen (secondary N) is 3. The fraction of sp³-hybridized carbons (Fsp3) is 0.250. The van der Waals surface area contributed by atoms with Crippen molar-refractivity contribution in [1.82, 2.24) is 9.97 Å². The third-order valence-corrected chi connectivity index (χ3v) is 4.22. The van der Waals surface area contributed by atoms with E-state index in [-0.39, 0.29) is 0 Å². The molecule has 0 saturated carbocycles. The van der Waals surface area contributed by atoms with Crippen LogP contribution in [0.15, 0.2) is 48.8 Å². The van der Waals surface area contributed by atoms with Gasteiger partial charge in [0.25, 0.3) is 0 Å². The van der Waals surface area contributed by atoms with E-state index in [0.717, 1.165) is 54.7 Å². The SMILES string of the molecule is N#Cc1ccc2[nH]cc(CCCC(=N)CCNc3ccccn3)c2c1. The lowest BCUT2D eigenvalue weighted by Gasteiger charge is -2.06. The first-order valence-electron chi connectivity index (χ1n) is 8.47. The van der Waals surface area contributed by atoms with E-state index >= 15 is 0 Å². The number of pyridine rings is 1. The molecule has 0 unspecified atom stereocenters. The van der Waals surface area contributed by atoms with Gasteiger partial charge in [-0.1, -0.05) is 6.07 Å². The minimum atomic E-state index is 0.682. The maximum Gasteiger partial charge on any atom is 0.125 e. The zero-order valence-electron chi connectivity index (χ0n) is 14.0. The summed E-state index contributed by atoms with van der Waals surface area (Å²) < 4.78 is 0.